The summed E-state index contributed by atoms with van der Waals surface area (Å²) >= 11 is 0. The van der Waals surface area contributed by atoms with E-state index >= 15 is 0 Å². The fraction of sp³-hybridized carbons (Fsp3) is 0. The maximum atomic E-state index is 13.3. The summed E-state index contributed by atoms with van der Waals surface area (Å²) in [4.78, 5) is 30.5. The van der Waals surface area contributed by atoms with Crippen molar-refractivity contribution in [1.82, 2.24) is 0 Å². The van der Waals surface area contributed by atoms with Crippen LogP contribution < -0.4 is 0 Å². The zero-order valence-corrected chi connectivity index (χ0v) is 11.2. The quantitative estimate of drug-likeness (QED) is 0.360. The van der Waals surface area contributed by atoms with Gasteiger partial charge in [0.2, 0.25) is 0 Å². The van der Waals surface area contributed by atoms with E-state index in [2.05, 4.69) is 9.78 Å². The first-order valence-electron chi connectivity index (χ1n) is 5.94. The number of hydrogen-bond donors (Lipinski definition) is 0. The number of benzene rings is 2. The second-order valence-electron chi connectivity index (χ2n) is 4.19. The van der Waals surface area contributed by atoms with Gasteiger partial charge in [-0.25, -0.2) is 45.7 Å². The van der Waals surface area contributed by atoms with Crippen LogP contribution >= 0.6 is 0 Å². The third kappa shape index (κ3) is 3.16. The van der Waals surface area contributed by atoms with Crippen LogP contribution in [0, 0.1) is 34.9 Å². The highest BCUT2D eigenvalue weighted by Gasteiger charge is 2.25. The van der Waals surface area contributed by atoms with Crippen molar-refractivity contribution in [2.45, 2.75) is 0 Å². The average molecular weight is 350 g/mol. The Kier molecular flexibility index (Phi) is 4.77. The lowest BCUT2D eigenvalue weighted by atomic mass is 10.2. The van der Waals surface area contributed by atoms with Gasteiger partial charge in [0, 0.05) is 0 Å². The molecule has 0 aliphatic heterocycles. The van der Waals surface area contributed by atoms with E-state index in [1.165, 1.54) is 0 Å². The summed E-state index contributed by atoms with van der Waals surface area (Å²) in [6, 6.07) is 1.82. The first-order chi connectivity index (χ1) is 11.2. The Bertz CT molecular complexity index is 767. The molecule has 0 atom stereocenters. The molecule has 0 bridgehead atoms. The van der Waals surface area contributed by atoms with E-state index in [0.717, 1.165) is 0 Å². The lowest BCUT2D eigenvalue weighted by molar-refractivity contribution is -0.188. The summed E-state index contributed by atoms with van der Waals surface area (Å²) < 4.78 is 78.0. The zero-order valence-electron chi connectivity index (χ0n) is 11.2. The highest BCUT2D eigenvalue weighted by molar-refractivity contribution is 5.92. The molecule has 0 saturated carbocycles. The van der Waals surface area contributed by atoms with Crippen LogP contribution in [0.5, 0.6) is 0 Å². The maximum Gasteiger partial charge on any atom is 0.389 e. The van der Waals surface area contributed by atoms with Gasteiger partial charge in [-0.1, -0.05) is 0 Å². The van der Waals surface area contributed by atoms with Gasteiger partial charge in [0.1, 0.15) is 11.1 Å². The molecule has 10 heteroatoms. The standard InChI is InChI=1S/C14H4F6O4/c15-7-3-1-5(9(17)11(7)19)13(21)23-24-14(22)6-2-4-8(16)12(20)10(6)18/h1-4H. The number of rotatable bonds is 2. The summed E-state index contributed by atoms with van der Waals surface area (Å²) in [5, 5.41) is 0. The summed E-state index contributed by atoms with van der Waals surface area (Å²) in [5.41, 5.74) is -2.24. The molecule has 0 unspecified atom stereocenters. The monoisotopic (exact) mass is 350 g/mol. The molecule has 0 aromatic heterocycles. The van der Waals surface area contributed by atoms with E-state index in [4.69, 9.17) is 0 Å². The van der Waals surface area contributed by atoms with Gasteiger partial charge >= 0.3 is 11.9 Å². The van der Waals surface area contributed by atoms with Crippen molar-refractivity contribution < 1.29 is 45.7 Å². The highest BCUT2D eigenvalue weighted by Crippen LogP contribution is 2.18. The van der Waals surface area contributed by atoms with Gasteiger partial charge in [-0.15, -0.1) is 0 Å². The SMILES string of the molecule is O=C(OOC(=O)c1ccc(F)c(F)c1F)c1ccc(F)c(F)c1F. The third-order valence-electron chi connectivity index (χ3n) is 2.70. The van der Waals surface area contributed by atoms with E-state index in [1.54, 1.807) is 0 Å². The van der Waals surface area contributed by atoms with Crippen molar-refractivity contribution in [3.63, 3.8) is 0 Å². The number of halogens is 6. The molecule has 0 fully saturated rings. The lowest BCUT2D eigenvalue weighted by Gasteiger charge is -2.06. The highest BCUT2D eigenvalue weighted by atomic mass is 19.2. The van der Waals surface area contributed by atoms with Crippen LogP contribution in [0.25, 0.3) is 0 Å². The molecule has 0 radical (unpaired) electrons. The summed E-state index contributed by atoms with van der Waals surface area (Å²) in [6.45, 7) is 0. The fourth-order valence-electron chi connectivity index (χ4n) is 1.53. The molecule has 0 aliphatic rings. The topological polar surface area (TPSA) is 52.6 Å². The van der Waals surface area contributed by atoms with E-state index in [0.29, 0.717) is 24.3 Å². The van der Waals surface area contributed by atoms with E-state index in [9.17, 15) is 35.9 Å². The average Bonchev–Trinajstić information content (AvgIpc) is 2.55. The predicted octanol–water partition coefficient (Wildman–Crippen LogP) is 3.45. The van der Waals surface area contributed by atoms with Gasteiger partial charge < -0.3 is 0 Å². The van der Waals surface area contributed by atoms with Gasteiger partial charge in [0.15, 0.2) is 34.9 Å². The van der Waals surface area contributed by atoms with Crippen LogP contribution in [-0.4, -0.2) is 11.9 Å². The largest absolute Gasteiger partial charge is 0.389 e. The Morgan fingerprint density at radius 3 is 1.25 bits per heavy atom. The molecule has 126 valence electrons. The van der Waals surface area contributed by atoms with Crippen molar-refractivity contribution in [3.8, 4) is 0 Å². The number of carbonyl (C=O) groups is 2. The van der Waals surface area contributed by atoms with Crippen LogP contribution in [0.4, 0.5) is 26.3 Å². The second kappa shape index (κ2) is 6.60. The summed E-state index contributed by atoms with van der Waals surface area (Å²) in [7, 11) is 0. The molecule has 0 heterocycles. The van der Waals surface area contributed by atoms with Crippen molar-refractivity contribution in [2.75, 3.05) is 0 Å². The molecule has 4 nitrogen and oxygen atoms in total. The van der Waals surface area contributed by atoms with Crippen molar-refractivity contribution >= 4 is 11.9 Å². The second-order valence-corrected chi connectivity index (χ2v) is 4.19. The maximum absolute atomic E-state index is 13.3. The van der Waals surface area contributed by atoms with Crippen LogP contribution in [0.15, 0.2) is 24.3 Å². The molecule has 2 aromatic carbocycles. The van der Waals surface area contributed by atoms with E-state index in [-0.39, 0.29) is 0 Å². The minimum Gasteiger partial charge on any atom is -0.241 e. The molecule has 0 spiro atoms. The third-order valence-corrected chi connectivity index (χ3v) is 2.70. The smallest absolute Gasteiger partial charge is 0.241 e. The molecule has 0 aliphatic carbocycles. The van der Waals surface area contributed by atoms with E-state index < -0.39 is 58.0 Å². The van der Waals surface area contributed by atoms with Crippen molar-refractivity contribution in [1.29, 1.82) is 0 Å². The fourth-order valence-corrected chi connectivity index (χ4v) is 1.53. The number of hydrogen-bond acceptors (Lipinski definition) is 4. The minimum atomic E-state index is -1.97. The van der Waals surface area contributed by atoms with Gasteiger partial charge in [-0.2, -0.15) is 0 Å². The molecular formula is C14H4F6O4. The van der Waals surface area contributed by atoms with Crippen molar-refractivity contribution in [3.05, 3.63) is 70.3 Å². The predicted molar refractivity (Wildman–Crippen MR) is 63.5 cm³/mol. The molecule has 24 heavy (non-hydrogen) atoms. The van der Waals surface area contributed by atoms with Crippen LogP contribution in [0.2, 0.25) is 0 Å². The Balaban J connectivity index is 2.14. The first kappa shape index (κ1) is 17.3. The molecule has 0 amide bonds. The molecule has 2 rings (SSSR count). The van der Waals surface area contributed by atoms with Crippen LogP contribution in [-0.2, 0) is 9.78 Å². The Hall–Kier alpha value is -3.04. The number of carbonyl (C=O) groups excluding carboxylic acids is 2. The zero-order chi connectivity index (χ0) is 18.0. The summed E-state index contributed by atoms with van der Waals surface area (Å²) in [5.74, 6) is -14.4. The first-order valence-corrected chi connectivity index (χ1v) is 5.94. The normalized spacial score (nSPS) is 10.4. The van der Waals surface area contributed by atoms with Gasteiger partial charge in [0.05, 0.1) is 0 Å². The van der Waals surface area contributed by atoms with Crippen LogP contribution in [0.3, 0.4) is 0 Å². The molecule has 2 aromatic rings. The Morgan fingerprint density at radius 1 is 0.583 bits per heavy atom. The van der Waals surface area contributed by atoms with Gasteiger partial charge in [0.25, 0.3) is 0 Å². The molecular weight excluding hydrogens is 346 g/mol. The molecule has 0 saturated heterocycles. The Morgan fingerprint density at radius 2 is 0.917 bits per heavy atom. The lowest BCUT2D eigenvalue weighted by Crippen LogP contribution is -2.15. The minimum absolute atomic E-state index is 0.409. The van der Waals surface area contributed by atoms with Gasteiger partial charge in [-0.05, 0) is 24.3 Å². The van der Waals surface area contributed by atoms with Crippen molar-refractivity contribution in [2.24, 2.45) is 0 Å². The molecule has 0 N–H and O–H groups in total. The van der Waals surface area contributed by atoms with Crippen LogP contribution in [0.1, 0.15) is 20.7 Å². The van der Waals surface area contributed by atoms with Gasteiger partial charge in [-0.3, -0.25) is 0 Å². The van der Waals surface area contributed by atoms with E-state index in [1.807, 2.05) is 0 Å². The Labute approximate surface area is 129 Å². The summed E-state index contributed by atoms with van der Waals surface area (Å²) in [6.07, 6.45) is 0.